The first kappa shape index (κ1) is 9.32. The zero-order valence-electron chi connectivity index (χ0n) is 8.84. The largest absolute Gasteiger partial charge is 0.497 e. The minimum atomic E-state index is 0.970. The number of hydrogen-bond acceptors (Lipinski definition) is 1. The van der Waals surface area contributed by atoms with E-state index in [4.69, 9.17) is 4.74 Å². The summed E-state index contributed by atoms with van der Waals surface area (Å²) in [5.41, 5.74) is 4.35. The van der Waals surface area contributed by atoms with Crippen LogP contribution in [0.5, 0.6) is 5.75 Å². The molecule has 1 aliphatic carbocycles. The number of benzene rings is 1. The van der Waals surface area contributed by atoms with Crippen LogP contribution in [-0.4, -0.2) is 7.11 Å². The van der Waals surface area contributed by atoms with Crippen LogP contribution in [0.1, 0.15) is 30.9 Å². The Morgan fingerprint density at radius 2 is 2.14 bits per heavy atom. The quantitative estimate of drug-likeness (QED) is 0.690. The zero-order chi connectivity index (χ0) is 9.97. The Bertz CT molecular complexity index is 363. The van der Waals surface area contributed by atoms with E-state index in [1.54, 1.807) is 12.7 Å². The van der Waals surface area contributed by atoms with Crippen molar-refractivity contribution in [2.24, 2.45) is 0 Å². The Hall–Kier alpha value is -1.24. The molecule has 0 radical (unpaired) electrons. The van der Waals surface area contributed by atoms with Crippen LogP contribution >= 0.6 is 0 Å². The van der Waals surface area contributed by atoms with Crippen LogP contribution in [-0.2, 0) is 6.42 Å². The maximum Gasteiger partial charge on any atom is 0.119 e. The third-order valence-electron chi connectivity index (χ3n) is 2.88. The fourth-order valence-electron chi connectivity index (χ4n) is 1.93. The van der Waals surface area contributed by atoms with Gasteiger partial charge < -0.3 is 4.74 Å². The smallest absolute Gasteiger partial charge is 0.119 e. The fourth-order valence-corrected chi connectivity index (χ4v) is 1.93. The van der Waals surface area contributed by atoms with Gasteiger partial charge in [-0.3, -0.25) is 0 Å². The first-order valence-electron chi connectivity index (χ1n) is 5.20. The summed E-state index contributed by atoms with van der Waals surface area (Å²) >= 11 is 0. The van der Waals surface area contributed by atoms with Crippen LogP contribution < -0.4 is 4.74 Å². The van der Waals surface area contributed by atoms with Crippen molar-refractivity contribution in [2.75, 3.05) is 7.11 Å². The zero-order valence-corrected chi connectivity index (χ0v) is 8.84. The van der Waals surface area contributed by atoms with Gasteiger partial charge in [-0.25, -0.2) is 0 Å². The van der Waals surface area contributed by atoms with Crippen LogP contribution in [0.25, 0.3) is 6.08 Å². The molecule has 0 fully saturated rings. The molecule has 0 saturated heterocycles. The molecule has 1 heteroatoms. The first-order chi connectivity index (χ1) is 6.83. The Balaban J connectivity index is 2.37. The fraction of sp³-hybridized carbons (Fsp3) is 0.385. The molecule has 1 aromatic rings. The van der Waals surface area contributed by atoms with Gasteiger partial charge in [0.15, 0.2) is 0 Å². The predicted molar refractivity (Wildman–Crippen MR) is 59.6 cm³/mol. The van der Waals surface area contributed by atoms with Crippen LogP contribution in [0, 0.1) is 0 Å². The molecule has 1 aromatic carbocycles. The van der Waals surface area contributed by atoms with Crippen LogP contribution in [0.3, 0.4) is 0 Å². The molecule has 0 spiro atoms. The molecule has 0 bridgehead atoms. The second-order valence-electron chi connectivity index (χ2n) is 3.72. The van der Waals surface area contributed by atoms with E-state index in [2.05, 4.69) is 25.1 Å². The lowest BCUT2D eigenvalue weighted by atomic mass is 9.91. The van der Waals surface area contributed by atoms with Crippen LogP contribution in [0.2, 0.25) is 0 Å². The Morgan fingerprint density at radius 3 is 2.86 bits per heavy atom. The minimum Gasteiger partial charge on any atom is -0.497 e. The summed E-state index contributed by atoms with van der Waals surface area (Å²) in [4.78, 5) is 0. The van der Waals surface area contributed by atoms with Gasteiger partial charge in [-0.2, -0.15) is 0 Å². The lowest BCUT2D eigenvalue weighted by Gasteiger charge is -2.16. The number of rotatable bonds is 2. The van der Waals surface area contributed by atoms with E-state index < -0.39 is 0 Å². The van der Waals surface area contributed by atoms with Crippen LogP contribution in [0.4, 0.5) is 0 Å². The van der Waals surface area contributed by atoms with E-state index in [1.807, 2.05) is 6.07 Å². The van der Waals surface area contributed by atoms with Crippen molar-refractivity contribution < 1.29 is 4.74 Å². The molecule has 1 aliphatic rings. The van der Waals surface area contributed by atoms with Gasteiger partial charge in [-0.15, -0.1) is 0 Å². The van der Waals surface area contributed by atoms with Gasteiger partial charge in [0.05, 0.1) is 7.11 Å². The van der Waals surface area contributed by atoms with Gasteiger partial charge in [0.1, 0.15) is 5.75 Å². The summed E-state index contributed by atoms with van der Waals surface area (Å²) in [5, 5.41) is 0. The third-order valence-corrected chi connectivity index (χ3v) is 2.88. The molecule has 0 atom stereocenters. The summed E-state index contributed by atoms with van der Waals surface area (Å²) in [6, 6.07) is 6.34. The van der Waals surface area contributed by atoms with E-state index in [0.29, 0.717) is 0 Å². The SMILES string of the molecule is CCC1=Cc2ccc(OC)cc2CC1. The number of allylic oxidation sites excluding steroid dienone is 1. The molecule has 0 aliphatic heterocycles. The van der Waals surface area contributed by atoms with Gasteiger partial charge in [0.2, 0.25) is 0 Å². The highest BCUT2D eigenvalue weighted by atomic mass is 16.5. The molecule has 0 unspecified atom stereocenters. The average molecular weight is 188 g/mol. The molecule has 0 heterocycles. The maximum absolute atomic E-state index is 5.21. The van der Waals surface area contributed by atoms with Gasteiger partial charge in [0, 0.05) is 0 Å². The summed E-state index contributed by atoms with van der Waals surface area (Å²) in [6.45, 7) is 2.22. The van der Waals surface area contributed by atoms with Crippen molar-refractivity contribution in [1.82, 2.24) is 0 Å². The molecule has 0 aromatic heterocycles. The van der Waals surface area contributed by atoms with Crippen molar-refractivity contribution in [3.05, 3.63) is 34.9 Å². The van der Waals surface area contributed by atoms with Crippen molar-refractivity contribution in [3.8, 4) is 5.75 Å². The molecule has 1 nitrogen and oxygen atoms in total. The van der Waals surface area contributed by atoms with Gasteiger partial charge in [0.25, 0.3) is 0 Å². The molecule has 2 rings (SSSR count). The summed E-state index contributed by atoms with van der Waals surface area (Å²) in [7, 11) is 1.72. The number of aryl methyl sites for hydroxylation is 1. The molecular weight excluding hydrogens is 172 g/mol. The topological polar surface area (TPSA) is 9.23 Å². The molecular formula is C13H16O. The number of methoxy groups -OCH3 is 1. The van der Waals surface area contributed by atoms with Crippen molar-refractivity contribution >= 4 is 6.08 Å². The average Bonchev–Trinajstić information content (AvgIpc) is 2.27. The van der Waals surface area contributed by atoms with Gasteiger partial charge >= 0.3 is 0 Å². The Kier molecular flexibility index (Phi) is 2.58. The second kappa shape index (κ2) is 3.87. The highest BCUT2D eigenvalue weighted by molar-refractivity contribution is 5.60. The van der Waals surface area contributed by atoms with Crippen molar-refractivity contribution in [3.63, 3.8) is 0 Å². The first-order valence-corrected chi connectivity index (χ1v) is 5.20. The number of hydrogen-bond donors (Lipinski definition) is 0. The molecule has 14 heavy (non-hydrogen) atoms. The second-order valence-corrected chi connectivity index (χ2v) is 3.72. The summed E-state index contributed by atoms with van der Waals surface area (Å²) < 4.78 is 5.21. The lowest BCUT2D eigenvalue weighted by molar-refractivity contribution is 0.414. The lowest BCUT2D eigenvalue weighted by Crippen LogP contribution is -1.99. The van der Waals surface area contributed by atoms with E-state index in [-0.39, 0.29) is 0 Å². The van der Waals surface area contributed by atoms with Crippen molar-refractivity contribution in [2.45, 2.75) is 26.2 Å². The Morgan fingerprint density at radius 1 is 1.29 bits per heavy atom. The summed E-state index contributed by atoms with van der Waals surface area (Å²) in [5.74, 6) is 0.970. The maximum atomic E-state index is 5.21. The highest BCUT2D eigenvalue weighted by Gasteiger charge is 2.09. The monoisotopic (exact) mass is 188 g/mol. The molecule has 0 N–H and O–H groups in total. The minimum absolute atomic E-state index is 0.970. The normalized spacial score (nSPS) is 14.6. The Labute approximate surface area is 85.4 Å². The third kappa shape index (κ3) is 1.67. The standard InChI is InChI=1S/C13H16O/c1-3-10-4-5-12-9-13(14-2)7-6-11(12)8-10/h6-9H,3-5H2,1-2H3. The van der Waals surface area contributed by atoms with Gasteiger partial charge in [-0.05, 0) is 42.5 Å². The number of fused-ring (bicyclic) bond motifs is 1. The predicted octanol–water partition coefficient (Wildman–Crippen LogP) is 3.43. The molecule has 0 amide bonds. The highest BCUT2D eigenvalue weighted by Crippen LogP contribution is 2.28. The molecule has 0 saturated carbocycles. The van der Waals surface area contributed by atoms with E-state index in [0.717, 1.165) is 12.2 Å². The van der Waals surface area contributed by atoms with Crippen LogP contribution in [0.15, 0.2) is 23.8 Å². The van der Waals surface area contributed by atoms with E-state index in [1.165, 1.54) is 24.0 Å². The van der Waals surface area contributed by atoms with E-state index in [9.17, 15) is 0 Å². The van der Waals surface area contributed by atoms with Crippen molar-refractivity contribution in [1.29, 1.82) is 0 Å². The van der Waals surface area contributed by atoms with Gasteiger partial charge in [-0.1, -0.05) is 24.6 Å². The van der Waals surface area contributed by atoms with E-state index >= 15 is 0 Å². The molecule has 74 valence electrons. The summed E-state index contributed by atoms with van der Waals surface area (Å²) in [6.07, 6.45) is 5.85. The number of ether oxygens (including phenoxy) is 1.